The fourth-order valence-corrected chi connectivity index (χ4v) is 3.59. The second-order valence-electron chi connectivity index (χ2n) is 6.94. The lowest BCUT2D eigenvalue weighted by Gasteiger charge is -2.24. The monoisotopic (exact) mass is 412 g/mol. The van der Waals surface area contributed by atoms with Crippen molar-refractivity contribution in [3.63, 3.8) is 0 Å². The quantitative estimate of drug-likeness (QED) is 0.523. The number of rotatable bonds is 6. The van der Waals surface area contributed by atoms with E-state index in [1.807, 2.05) is 0 Å². The molecule has 0 fully saturated rings. The third-order valence-electron chi connectivity index (χ3n) is 5.12. The Hall–Kier alpha value is -3.52. The van der Waals surface area contributed by atoms with Gasteiger partial charge in [-0.2, -0.15) is 0 Å². The van der Waals surface area contributed by atoms with Crippen molar-refractivity contribution in [2.45, 2.75) is 32.3 Å². The Balaban J connectivity index is 2.26. The van der Waals surface area contributed by atoms with Crippen LogP contribution in [0.2, 0.25) is 0 Å². The molecule has 2 aromatic carbocycles. The standard InChI is InChI=1S/C22H20O8/c1-3-11(23)9-15(25)17-10(8-16(26)30-2)7-13-19(21(17)28)22(29)18-12(20(13)27)5-4-6-14(18)24/h4-7,15,24-25,28H,3,8-9H2,1-2H3/t15-/m1/s1. The second-order valence-corrected chi connectivity index (χ2v) is 6.94. The number of phenols is 2. The van der Waals surface area contributed by atoms with Gasteiger partial charge in [0.15, 0.2) is 5.78 Å². The smallest absolute Gasteiger partial charge is 0.309 e. The lowest BCUT2D eigenvalue weighted by molar-refractivity contribution is -0.139. The summed E-state index contributed by atoms with van der Waals surface area (Å²) in [7, 11) is 1.16. The Morgan fingerprint density at radius 2 is 1.77 bits per heavy atom. The van der Waals surface area contributed by atoms with Gasteiger partial charge in [0.25, 0.3) is 0 Å². The summed E-state index contributed by atoms with van der Waals surface area (Å²) >= 11 is 0. The van der Waals surface area contributed by atoms with Crippen LogP contribution in [0.4, 0.5) is 0 Å². The Morgan fingerprint density at radius 3 is 2.40 bits per heavy atom. The Kier molecular flexibility index (Phi) is 5.71. The summed E-state index contributed by atoms with van der Waals surface area (Å²) in [5.41, 5.74) is -0.963. The van der Waals surface area contributed by atoms with Crippen molar-refractivity contribution in [1.29, 1.82) is 0 Å². The first-order chi connectivity index (χ1) is 14.2. The summed E-state index contributed by atoms with van der Waals surface area (Å²) in [6, 6.07) is 5.27. The van der Waals surface area contributed by atoms with Crippen LogP contribution in [0.1, 0.15) is 68.8 Å². The van der Waals surface area contributed by atoms with E-state index in [-0.39, 0.29) is 52.0 Å². The highest BCUT2D eigenvalue weighted by Crippen LogP contribution is 2.42. The highest BCUT2D eigenvalue weighted by Gasteiger charge is 2.37. The Bertz CT molecular complexity index is 1080. The molecule has 0 bridgehead atoms. The number of esters is 1. The lowest BCUT2D eigenvalue weighted by Crippen LogP contribution is -2.23. The maximum Gasteiger partial charge on any atom is 0.309 e. The van der Waals surface area contributed by atoms with Crippen LogP contribution >= 0.6 is 0 Å². The number of carbonyl (C=O) groups excluding carboxylic acids is 4. The van der Waals surface area contributed by atoms with Gasteiger partial charge >= 0.3 is 5.97 Å². The molecule has 0 spiro atoms. The number of benzene rings is 2. The molecule has 30 heavy (non-hydrogen) atoms. The molecule has 0 aliphatic heterocycles. The largest absolute Gasteiger partial charge is 0.507 e. The number of ether oxygens (including phenoxy) is 1. The molecule has 0 amide bonds. The van der Waals surface area contributed by atoms with Crippen molar-refractivity contribution < 1.29 is 39.2 Å². The van der Waals surface area contributed by atoms with Crippen molar-refractivity contribution in [2.75, 3.05) is 7.11 Å². The van der Waals surface area contributed by atoms with E-state index in [4.69, 9.17) is 0 Å². The SMILES string of the molecule is CCC(=O)C[C@@H](O)c1c(CC(=O)OC)cc2c(c1O)C(=O)c1c(O)cccc1C2=O. The lowest BCUT2D eigenvalue weighted by atomic mass is 9.79. The van der Waals surface area contributed by atoms with E-state index in [0.717, 1.165) is 7.11 Å². The third kappa shape index (κ3) is 3.46. The van der Waals surface area contributed by atoms with Crippen molar-refractivity contribution >= 4 is 23.3 Å². The van der Waals surface area contributed by atoms with E-state index < -0.39 is 41.6 Å². The second kappa shape index (κ2) is 8.08. The van der Waals surface area contributed by atoms with Gasteiger partial charge in [0.2, 0.25) is 5.78 Å². The van der Waals surface area contributed by atoms with Gasteiger partial charge < -0.3 is 20.1 Å². The van der Waals surface area contributed by atoms with Crippen molar-refractivity contribution in [2.24, 2.45) is 0 Å². The summed E-state index contributed by atoms with van der Waals surface area (Å²) < 4.78 is 4.64. The molecule has 156 valence electrons. The number of phenolic OH excluding ortho intramolecular Hbond substituents is 2. The molecule has 1 aliphatic rings. The van der Waals surface area contributed by atoms with Gasteiger partial charge in [0, 0.05) is 29.5 Å². The van der Waals surface area contributed by atoms with Gasteiger partial charge in [-0.3, -0.25) is 19.2 Å². The molecule has 3 N–H and O–H groups in total. The number of aliphatic hydroxyl groups is 1. The van der Waals surface area contributed by atoms with E-state index in [1.54, 1.807) is 6.92 Å². The van der Waals surface area contributed by atoms with Crippen LogP contribution in [0.15, 0.2) is 24.3 Å². The molecule has 3 rings (SSSR count). The van der Waals surface area contributed by atoms with Crippen molar-refractivity contribution in [3.05, 3.63) is 57.6 Å². The van der Waals surface area contributed by atoms with Crippen LogP contribution in [0.25, 0.3) is 0 Å². The number of carbonyl (C=O) groups is 4. The maximum atomic E-state index is 13.0. The summed E-state index contributed by atoms with van der Waals surface area (Å²) in [5, 5.41) is 31.6. The Labute approximate surface area is 171 Å². The maximum absolute atomic E-state index is 13.0. The van der Waals surface area contributed by atoms with E-state index in [0.29, 0.717) is 0 Å². The van der Waals surface area contributed by atoms with E-state index in [9.17, 15) is 34.5 Å². The molecular weight excluding hydrogens is 392 g/mol. The molecule has 0 radical (unpaired) electrons. The topological polar surface area (TPSA) is 138 Å². The molecule has 0 aromatic heterocycles. The summed E-state index contributed by atoms with van der Waals surface area (Å²) in [5.74, 6) is -3.53. The van der Waals surface area contributed by atoms with E-state index >= 15 is 0 Å². The predicted molar refractivity (Wildman–Crippen MR) is 104 cm³/mol. The van der Waals surface area contributed by atoms with Crippen LogP contribution in [0, 0.1) is 0 Å². The van der Waals surface area contributed by atoms with Crippen LogP contribution in [0.3, 0.4) is 0 Å². The summed E-state index contributed by atoms with van der Waals surface area (Å²) in [6.45, 7) is 1.61. The zero-order chi connectivity index (χ0) is 22.2. The predicted octanol–water partition coefficient (Wildman–Crippen LogP) is 1.99. The molecule has 0 unspecified atom stereocenters. The average Bonchev–Trinajstić information content (AvgIpc) is 2.71. The van der Waals surface area contributed by atoms with E-state index in [1.165, 1.54) is 24.3 Å². The highest BCUT2D eigenvalue weighted by atomic mass is 16.5. The van der Waals surface area contributed by atoms with Crippen LogP contribution < -0.4 is 0 Å². The zero-order valence-corrected chi connectivity index (χ0v) is 16.4. The molecule has 0 heterocycles. The summed E-state index contributed by atoms with van der Waals surface area (Å²) in [4.78, 5) is 49.7. The van der Waals surface area contributed by atoms with Gasteiger partial charge in [-0.15, -0.1) is 0 Å². The number of aliphatic hydroxyl groups excluding tert-OH is 1. The number of fused-ring (bicyclic) bond motifs is 2. The molecule has 8 nitrogen and oxygen atoms in total. The fraction of sp³-hybridized carbons (Fsp3) is 0.273. The zero-order valence-electron chi connectivity index (χ0n) is 16.4. The third-order valence-corrected chi connectivity index (χ3v) is 5.12. The number of aromatic hydroxyl groups is 2. The number of methoxy groups -OCH3 is 1. The van der Waals surface area contributed by atoms with Crippen LogP contribution in [-0.4, -0.2) is 45.7 Å². The highest BCUT2D eigenvalue weighted by molar-refractivity contribution is 6.30. The molecule has 1 aliphatic carbocycles. The number of hydrogen-bond donors (Lipinski definition) is 3. The van der Waals surface area contributed by atoms with E-state index in [2.05, 4.69) is 4.74 Å². The van der Waals surface area contributed by atoms with Gasteiger partial charge in [-0.05, 0) is 17.7 Å². The molecular formula is C22H20O8. The first-order valence-electron chi connectivity index (χ1n) is 9.27. The van der Waals surface area contributed by atoms with Crippen molar-refractivity contribution in [3.8, 4) is 11.5 Å². The van der Waals surface area contributed by atoms with Crippen LogP contribution in [-0.2, 0) is 20.7 Å². The molecule has 0 saturated carbocycles. The number of Topliss-reactive ketones (excluding diaryl/α,β-unsaturated/α-hetero) is 1. The van der Waals surface area contributed by atoms with Gasteiger partial charge in [0.05, 0.1) is 30.8 Å². The average molecular weight is 412 g/mol. The molecule has 2 aromatic rings. The minimum Gasteiger partial charge on any atom is -0.507 e. The minimum absolute atomic E-state index is 0.0367. The fourth-order valence-electron chi connectivity index (χ4n) is 3.59. The van der Waals surface area contributed by atoms with Gasteiger partial charge in [0.1, 0.15) is 17.3 Å². The Morgan fingerprint density at radius 1 is 1.07 bits per heavy atom. The van der Waals surface area contributed by atoms with Gasteiger partial charge in [-0.1, -0.05) is 19.1 Å². The molecule has 8 heteroatoms. The summed E-state index contributed by atoms with van der Waals surface area (Å²) in [6.07, 6.45) is -2.09. The number of ketones is 3. The molecule has 0 saturated heterocycles. The normalized spacial score (nSPS) is 13.4. The first-order valence-corrected chi connectivity index (χ1v) is 9.27. The van der Waals surface area contributed by atoms with Gasteiger partial charge in [-0.25, -0.2) is 0 Å². The van der Waals surface area contributed by atoms with Crippen molar-refractivity contribution in [1.82, 2.24) is 0 Å². The number of hydrogen-bond acceptors (Lipinski definition) is 8. The molecule has 1 atom stereocenters. The minimum atomic E-state index is -1.50. The first kappa shape index (κ1) is 21.2. The van der Waals surface area contributed by atoms with Crippen LogP contribution in [0.5, 0.6) is 11.5 Å².